The van der Waals surface area contributed by atoms with Gasteiger partial charge in [0.2, 0.25) is 0 Å². The Kier molecular flexibility index (Phi) is 4.97. The molecule has 0 aliphatic rings. The third kappa shape index (κ3) is 3.87. The van der Waals surface area contributed by atoms with E-state index in [1.54, 1.807) is 25.3 Å². The zero-order chi connectivity index (χ0) is 23.1. The van der Waals surface area contributed by atoms with Crippen LogP contribution in [0.15, 0.2) is 64.0 Å². The SMILES string of the molecule is Cc1ccc(-c2cc(C(=O)OCc3cc(=O)n4ccc(C)cc4n3)c3c(C)noc3n2)cc1. The normalized spacial score (nSPS) is 11.2. The molecule has 0 fully saturated rings. The molecule has 0 saturated heterocycles. The van der Waals surface area contributed by atoms with Crippen molar-refractivity contribution < 1.29 is 14.1 Å². The van der Waals surface area contributed by atoms with E-state index in [0.717, 1.165) is 16.7 Å². The molecule has 0 radical (unpaired) electrons. The first-order valence-electron chi connectivity index (χ1n) is 10.4. The van der Waals surface area contributed by atoms with Gasteiger partial charge in [-0.05, 0) is 44.5 Å². The summed E-state index contributed by atoms with van der Waals surface area (Å²) in [7, 11) is 0. The lowest BCUT2D eigenvalue weighted by Gasteiger charge is -2.09. The molecule has 0 aliphatic carbocycles. The van der Waals surface area contributed by atoms with E-state index in [9.17, 15) is 9.59 Å². The molecule has 4 aromatic heterocycles. The maximum atomic E-state index is 13.1. The van der Waals surface area contributed by atoms with Crippen molar-refractivity contribution in [2.75, 3.05) is 0 Å². The smallest absolute Gasteiger partial charge is 0.339 e. The number of benzene rings is 1. The van der Waals surface area contributed by atoms with Crippen LogP contribution < -0.4 is 5.56 Å². The van der Waals surface area contributed by atoms with Gasteiger partial charge in [-0.25, -0.2) is 14.8 Å². The van der Waals surface area contributed by atoms with Gasteiger partial charge in [-0.15, -0.1) is 0 Å². The highest BCUT2D eigenvalue weighted by Crippen LogP contribution is 2.28. The lowest BCUT2D eigenvalue weighted by Crippen LogP contribution is -2.16. The number of rotatable bonds is 4. The number of carbonyl (C=O) groups excluding carboxylic acids is 1. The number of esters is 1. The Balaban J connectivity index is 1.49. The zero-order valence-corrected chi connectivity index (χ0v) is 18.3. The second-order valence-corrected chi connectivity index (χ2v) is 7.96. The molecule has 33 heavy (non-hydrogen) atoms. The number of nitrogens with zero attached hydrogens (tertiary/aromatic N) is 4. The minimum Gasteiger partial charge on any atom is -0.456 e. The zero-order valence-electron chi connectivity index (χ0n) is 18.3. The molecule has 8 heteroatoms. The standard InChI is InChI=1S/C25H20N4O4/c1-14-4-6-17(7-5-14)20-12-19(23-16(3)28-33-24(23)27-20)25(31)32-13-18-11-22(30)29-9-8-15(2)10-21(29)26-18/h4-12H,13H2,1-3H3. The predicted molar refractivity (Wildman–Crippen MR) is 122 cm³/mol. The van der Waals surface area contributed by atoms with E-state index < -0.39 is 5.97 Å². The Morgan fingerprint density at radius 2 is 1.79 bits per heavy atom. The Hall–Kier alpha value is -4.33. The highest BCUT2D eigenvalue weighted by atomic mass is 16.5. The van der Waals surface area contributed by atoms with Crippen molar-refractivity contribution in [2.45, 2.75) is 27.4 Å². The molecular weight excluding hydrogens is 420 g/mol. The summed E-state index contributed by atoms with van der Waals surface area (Å²) in [6.45, 7) is 5.51. The summed E-state index contributed by atoms with van der Waals surface area (Å²) in [5.41, 5.74) is 5.21. The summed E-state index contributed by atoms with van der Waals surface area (Å²) >= 11 is 0. The maximum Gasteiger partial charge on any atom is 0.339 e. The van der Waals surface area contributed by atoms with Crippen LogP contribution in [0.4, 0.5) is 0 Å². The van der Waals surface area contributed by atoms with Gasteiger partial charge in [0.05, 0.1) is 28.0 Å². The van der Waals surface area contributed by atoms with E-state index in [4.69, 9.17) is 9.26 Å². The minimum absolute atomic E-state index is 0.146. The van der Waals surface area contributed by atoms with Gasteiger partial charge in [0, 0.05) is 17.8 Å². The molecule has 0 saturated carbocycles. The maximum absolute atomic E-state index is 13.1. The van der Waals surface area contributed by atoms with Crippen molar-refractivity contribution in [1.82, 2.24) is 19.5 Å². The summed E-state index contributed by atoms with van der Waals surface area (Å²) in [6, 6.07) is 14.5. The van der Waals surface area contributed by atoms with Gasteiger partial charge in [0.25, 0.3) is 11.3 Å². The Labute approximate surface area is 188 Å². The largest absolute Gasteiger partial charge is 0.456 e. The fourth-order valence-corrected chi connectivity index (χ4v) is 3.67. The summed E-state index contributed by atoms with van der Waals surface area (Å²) < 4.78 is 12.3. The van der Waals surface area contributed by atoms with Crippen LogP contribution in [0.1, 0.15) is 32.9 Å². The first kappa shape index (κ1) is 20.6. The van der Waals surface area contributed by atoms with E-state index in [0.29, 0.717) is 33.7 Å². The van der Waals surface area contributed by atoms with Crippen molar-refractivity contribution in [2.24, 2.45) is 0 Å². The monoisotopic (exact) mass is 440 g/mol. The van der Waals surface area contributed by atoms with Crippen LogP contribution in [0, 0.1) is 20.8 Å². The highest BCUT2D eigenvalue weighted by Gasteiger charge is 2.21. The molecule has 5 aromatic rings. The van der Waals surface area contributed by atoms with Crippen LogP contribution in [0.3, 0.4) is 0 Å². The number of hydrogen-bond donors (Lipinski definition) is 0. The first-order chi connectivity index (χ1) is 15.9. The number of aromatic nitrogens is 4. The molecule has 1 aromatic carbocycles. The fraction of sp³-hybridized carbons (Fsp3) is 0.160. The summed E-state index contributed by atoms with van der Waals surface area (Å²) in [5, 5.41) is 4.46. The first-order valence-corrected chi connectivity index (χ1v) is 10.4. The molecule has 0 atom stereocenters. The minimum atomic E-state index is -0.576. The highest BCUT2D eigenvalue weighted by molar-refractivity contribution is 6.04. The molecule has 0 aliphatic heterocycles. The predicted octanol–water partition coefficient (Wildman–Crippen LogP) is 4.18. The van der Waals surface area contributed by atoms with Gasteiger partial charge in [-0.2, -0.15) is 0 Å². The van der Waals surface area contributed by atoms with E-state index >= 15 is 0 Å². The molecule has 0 spiro atoms. The van der Waals surface area contributed by atoms with Gasteiger partial charge in [-0.3, -0.25) is 9.20 Å². The van der Waals surface area contributed by atoms with Gasteiger partial charge < -0.3 is 9.26 Å². The second kappa shape index (κ2) is 7.98. The lowest BCUT2D eigenvalue weighted by molar-refractivity contribution is 0.0470. The quantitative estimate of drug-likeness (QED) is 0.387. The molecule has 4 heterocycles. The number of hydrogen-bond acceptors (Lipinski definition) is 7. The van der Waals surface area contributed by atoms with Gasteiger partial charge >= 0.3 is 5.97 Å². The van der Waals surface area contributed by atoms with Crippen LogP contribution >= 0.6 is 0 Å². The molecule has 5 rings (SSSR count). The number of aryl methyl sites for hydroxylation is 3. The third-order valence-electron chi connectivity index (χ3n) is 5.41. The van der Waals surface area contributed by atoms with Gasteiger partial charge in [0.1, 0.15) is 12.3 Å². The average Bonchev–Trinajstić information content (AvgIpc) is 3.17. The fourth-order valence-electron chi connectivity index (χ4n) is 3.67. The molecule has 164 valence electrons. The topological polar surface area (TPSA) is 99.6 Å². The van der Waals surface area contributed by atoms with Crippen molar-refractivity contribution in [3.05, 3.63) is 93.2 Å². The van der Waals surface area contributed by atoms with Crippen LogP contribution in [-0.2, 0) is 11.3 Å². The molecule has 0 bridgehead atoms. The molecular formula is C25H20N4O4. The van der Waals surface area contributed by atoms with E-state index in [1.165, 1.54) is 10.5 Å². The Morgan fingerprint density at radius 3 is 2.58 bits per heavy atom. The van der Waals surface area contributed by atoms with E-state index in [-0.39, 0.29) is 17.9 Å². The van der Waals surface area contributed by atoms with Crippen molar-refractivity contribution in [3.8, 4) is 11.3 Å². The van der Waals surface area contributed by atoms with E-state index in [1.807, 2.05) is 44.2 Å². The van der Waals surface area contributed by atoms with Crippen molar-refractivity contribution in [3.63, 3.8) is 0 Å². The average molecular weight is 440 g/mol. The van der Waals surface area contributed by atoms with Crippen LogP contribution in [0.5, 0.6) is 0 Å². The summed E-state index contributed by atoms with van der Waals surface area (Å²) in [6.07, 6.45) is 1.67. The third-order valence-corrected chi connectivity index (χ3v) is 5.41. The summed E-state index contributed by atoms with van der Waals surface area (Å²) in [5.74, 6) is -0.576. The number of ether oxygens (including phenoxy) is 1. The van der Waals surface area contributed by atoms with Crippen molar-refractivity contribution in [1.29, 1.82) is 0 Å². The second-order valence-electron chi connectivity index (χ2n) is 7.96. The van der Waals surface area contributed by atoms with Crippen molar-refractivity contribution >= 4 is 22.7 Å². The number of carbonyl (C=O) groups is 1. The molecule has 0 amide bonds. The molecule has 0 unspecified atom stereocenters. The van der Waals surface area contributed by atoms with E-state index in [2.05, 4.69) is 15.1 Å². The van der Waals surface area contributed by atoms with Gasteiger partial charge in [-0.1, -0.05) is 35.0 Å². The van der Waals surface area contributed by atoms with Gasteiger partial charge in [0.15, 0.2) is 0 Å². The summed E-state index contributed by atoms with van der Waals surface area (Å²) in [4.78, 5) is 34.4. The van der Waals surface area contributed by atoms with Crippen LogP contribution in [-0.4, -0.2) is 25.5 Å². The Bertz CT molecular complexity index is 1580. The number of fused-ring (bicyclic) bond motifs is 2. The Morgan fingerprint density at radius 1 is 1.00 bits per heavy atom. The van der Waals surface area contributed by atoms with Crippen LogP contribution in [0.25, 0.3) is 28.0 Å². The number of pyridine rings is 2. The molecule has 8 nitrogen and oxygen atoms in total. The lowest BCUT2D eigenvalue weighted by atomic mass is 10.0. The molecule has 0 N–H and O–H groups in total. The van der Waals surface area contributed by atoms with Crippen LogP contribution in [0.2, 0.25) is 0 Å².